The van der Waals surface area contributed by atoms with E-state index < -0.39 is 0 Å². The summed E-state index contributed by atoms with van der Waals surface area (Å²) in [7, 11) is 1.49. The zero-order valence-electron chi connectivity index (χ0n) is 8.02. The van der Waals surface area contributed by atoms with Crippen molar-refractivity contribution in [3.05, 3.63) is 0 Å². The third-order valence-electron chi connectivity index (χ3n) is 1.42. The first-order valence-electron chi connectivity index (χ1n) is 4.19. The second kappa shape index (κ2) is 7.06. The van der Waals surface area contributed by atoms with Gasteiger partial charge in [0.2, 0.25) is 5.91 Å². The minimum atomic E-state index is -0.0301. The molecular formula is C8H18N2O2. The highest BCUT2D eigenvalue weighted by molar-refractivity contribution is 5.77. The molecule has 0 heterocycles. The minimum absolute atomic E-state index is 0.0301. The van der Waals surface area contributed by atoms with Crippen molar-refractivity contribution in [3.8, 4) is 0 Å². The summed E-state index contributed by atoms with van der Waals surface area (Å²) in [4.78, 5) is 15.5. The first kappa shape index (κ1) is 11.4. The second-order valence-electron chi connectivity index (χ2n) is 3.06. The van der Waals surface area contributed by atoms with Crippen molar-refractivity contribution in [2.24, 2.45) is 5.92 Å². The van der Waals surface area contributed by atoms with Crippen LogP contribution in [0.25, 0.3) is 0 Å². The normalized spacial score (nSPS) is 10.3. The van der Waals surface area contributed by atoms with Crippen molar-refractivity contribution >= 4 is 5.91 Å². The summed E-state index contributed by atoms with van der Waals surface area (Å²) in [5, 5.41) is 2.77. The van der Waals surface area contributed by atoms with E-state index in [0.29, 0.717) is 5.92 Å². The van der Waals surface area contributed by atoms with Crippen molar-refractivity contribution < 1.29 is 9.63 Å². The van der Waals surface area contributed by atoms with E-state index in [4.69, 9.17) is 0 Å². The number of nitrogens with one attached hydrogen (secondary N) is 2. The van der Waals surface area contributed by atoms with E-state index >= 15 is 0 Å². The number of carbonyl (C=O) groups is 1. The molecule has 0 atom stereocenters. The summed E-state index contributed by atoms with van der Waals surface area (Å²) in [6, 6.07) is 0. The molecule has 0 unspecified atom stereocenters. The fraction of sp³-hybridized carbons (Fsp3) is 0.875. The summed E-state index contributed by atoms with van der Waals surface area (Å²) in [5.41, 5.74) is 2.47. The van der Waals surface area contributed by atoms with Crippen molar-refractivity contribution in [2.45, 2.75) is 20.3 Å². The maximum atomic E-state index is 10.9. The molecule has 4 nitrogen and oxygen atoms in total. The molecule has 1 amide bonds. The van der Waals surface area contributed by atoms with Crippen LogP contribution in [0.4, 0.5) is 0 Å². The Kier molecular flexibility index (Phi) is 6.70. The molecule has 0 aromatic heterocycles. The van der Waals surface area contributed by atoms with E-state index in [0.717, 1.165) is 13.0 Å². The van der Waals surface area contributed by atoms with Crippen molar-refractivity contribution in [1.82, 2.24) is 10.8 Å². The van der Waals surface area contributed by atoms with E-state index in [1.807, 2.05) is 0 Å². The third-order valence-corrected chi connectivity index (χ3v) is 1.42. The van der Waals surface area contributed by atoms with Gasteiger partial charge in [-0.15, -0.1) is 0 Å². The van der Waals surface area contributed by atoms with Crippen LogP contribution in [-0.2, 0) is 9.63 Å². The largest absolute Gasteiger partial charge is 0.355 e. The molecule has 0 aliphatic heterocycles. The van der Waals surface area contributed by atoms with Crippen molar-refractivity contribution in [1.29, 1.82) is 0 Å². The lowest BCUT2D eigenvalue weighted by molar-refractivity contribution is -0.122. The first-order chi connectivity index (χ1) is 5.66. The molecule has 0 rings (SSSR count). The number of hydrogen-bond donors (Lipinski definition) is 2. The molecule has 0 aromatic rings. The molecule has 4 heteroatoms. The quantitative estimate of drug-likeness (QED) is 0.569. The fourth-order valence-corrected chi connectivity index (χ4v) is 0.700. The fourth-order valence-electron chi connectivity index (χ4n) is 0.700. The Morgan fingerprint density at radius 1 is 1.50 bits per heavy atom. The Hall–Kier alpha value is -0.610. The summed E-state index contributed by atoms with van der Waals surface area (Å²) < 4.78 is 0. The number of carbonyl (C=O) groups excluding carboxylic acids is 1. The molecule has 0 aromatic carbocycles. The van der Waals surface area contributed by atoms with Gasteiger partial charge in [-0.2, -0.15) is 5.48 Å². The Bertz CT molecular complexity index is 126. The van der Waals surface area contributed by atoms with Gasteiger partial charge in [-0.1, -0.05) is 13.8 Å². The lowest BCUT2D eigenvalue weighted by atomic mass is 10.1. The van der Waals surface area contributed by atoms with Gasteiger partial charge in [-0.3, -0.25) is 4.79 Å². The van der Waals surface area contributed by atoms with E-state index in [1.165, 1.54) is 7.11 Å². The monoisotopic (exact) mass is 174 g/mol. The molecule has 12 heavy (non-hydrogen) atoms. The van der Waals surface area contributed by atoms with Crippen LogP contribution in [0.15, 0.2) is 0 Å². The minimum Gasteiger partial charge on any atom is -0.355 e. The van der Waals surface area contributed by atoms with E-state index in [-0.39, 0.29) is 12.5 Å². The maximum Gasteiger partial charge on any atom is 0.236 e. The number of amides is 1. The summed E-state index contributed by atoms with van der Waals surface area (Å²) in [5.74, 6) is 0.596. The molecule has 2 N–H and O–H groups in total. The molecule has 0 aliphatic rings. The predicted molar refractivity (Wildman–Crippen MR) is 47.5 cm³/mol. The van der Waals surface area contributed by atoms with E-state index in [9.17, 15) is 4.79 Å². The van der Waals surface area contributed by atoms with Crippen molar-refractivity contribution in [2.75, 3.05) is 20.2 Å². The average Bonchev–Trinajstić information content (AvgIpc) is 2.00. The zero-order valence-corrected chi connectivity index (χ0v) is 8.02. The molecule has 0 saturated heterocycles. The van der Waals surface area contributed by atoms with Crippen LogP contribution in [-0.4, -0.2) is 26.1 Å². The molecule has 0 spiro atoms. The molecule has 0 fully saturated rings. The number of hydrogen-bond acceptors (Lipinski definition) is 3. The van der Waals surface area contributed by atoms with Gasteiger partial charge in [0.15, 0.2) is 0 Å². The molecule has 0 radical (unpaired) electrons. The Balaban J connectivity index is 3.20. The summed E-state index contributed by atoms with van der Waals surface area (Å²) >= 11 is 0. The average molecular weight is 174 g/mol. The van der Waals surface area contributed by atoms with E-state index in [2.05, 4.69) is 29.5 Å². The summed E-state index contributed by atoms with van der Waals surface area (Å²) in [6.07, 6.45) is 1.01. The van der Waals surface area contributed by atoms with Gasteiger partial charge in [0, 0.05) is 6.54 Å². The van der Waals surface area contributed by atoms with Crippen LogP contribution in [0.2, 0.25) is 0 Å². The van der Waals surface area contributed by atoms with Gasteiger partial charge < -0.3 is 10.2 Å². The SMILES string of the molecule is CONCC(=O)NCCC(C)C. The maximum absolute atomic E-state index is 10.9. The Morgan fingerprint density at radius 3 is 2.67 bits per heavy atom. The van der Waals surface area contributed by atoms with Crippen LogP contribution in [0.5, 0.6) is 0 Å². The predicted octanol–water partition coefficient (Wildman–Crippen LogP) is 0.300. The van der Waals surface area contributed by atoms with Crippen LogP contribution < -0.4 is 10.8 Å². The van der Waals surface area contributed by atoms with Gasteiger partial charge in [0.05, 0.1) is 13.7 Å². The van der Waals surface area contributed by atoms with E-state index in [1.54, 1.807) is 0 Å². The molecule has 72 valence electrons. The lowest BCUT2D eigenvalue weighted by Crippen LogP contribution is -2.34. The van der Waals surface area contributed by atoms with Gasteiger partial charge in [-0.05, 0) is 12.3 Å². The number of rotatable bonds is 6. The first-order valence-corrected chi connectivity index (χ1v) is 4.19. The van der Waals surface area contributed by atoms with Gasteiger partial charge >= 0.3 is 0 Å². The van der Waals surface area contributed by atoms with Crippen molar-refractivity contribution in [3.63, 3.8) is 0 Å². The Morgan fingerprint density at radius 2 is 2.17 bits per heavy atom. The van der Waals surface area contributed by atoms with Crippen LogP contribution in [0.3, 0.4) is 0 Å². The number of hydroxylamine groups is 1. The van der Waals surface area contributed by atoms with Crippen LogP contribution in [0, 0.1) is 5.92 Å². The highest BCUT2D eigenvalue weighted by atomic mass is 16.6. The van der Waals surface area contributed by atoms with Gasteiger partial charge in [-0.25, -0.2) is 0 Å². The topological polar surface area (TPSA) is 50.4 Å². The summed E-state index contributed by atoms with van der Waals surface area (Å²) in [6.45, 7) is 5.20. The Labute approximate surface area is 73.6 Å². The van der Waals surface area contributed by atoms with Crippen LogP contribution in [0.1, 0.15) is 20.3 Å². The standard InChI is InChI=1S/C8H18N2O2/c1-7(2)4-5-9-8(11)6-10-12-3/h7,10H,4-6H2,1-3H3,(H,9,11). The highest BCUT2D eigenvalue weighted by Gasteiger charge is 1.99. The molecule has 0 saturated carbocycles. The smallest absolute Gasteiger partial charge is 0.236 e. The molecular weight excluding hydrogens is 156 g/mol. The van der Waals surface area contributed by atoms with Gasteiger partial charge in [0.25, 0.3) is 0 Å². The third kappa shape index (κ3) is 7.50. The zero-order chi connectivity index (χ0) is 9.40. The lowest BCUT2D eigenvalue weighted by Gasteiger charge is -2.06. The molecule has 0 bridgehead atoms. The highest BCUT2D eigenvalue weighted by Crippen LogP contribution is 1.95. The van der Waals surface area contributed by atoms with Gasteiger partial charge in [0.1, 0.15) is 0 Å². The molecule has 0 aliphatic carbocycles. The second-order valence-corrected chi connectivity index (χ2v) is 3.06. The van der Waals surface area contributed by atoms with Crippen LogP contribution >= 0.6 is 0 Å².